The Kier molecular flexibility index (Phi) is 5.89. The van der Waals surface area contributed by atoms with Crippen LogP contribution in [-0.4, -0.2) is 71.8 Å². The van der Waals surface area contributed by atoms with E-state index in [1.165, 1.54) is 10.9 Å². The number of nitrogens with zero attached hydrogens (tertiary/aromatic N) is 4. The number of likely N-dealkylation sites (tertiary alicyclic amines) is 1. The molecule has 30 heavy (non-hydrogen) atoms. The molecule has 0 radical (unpaired) electrons. The zero-order chi connectivity index (χ0) is 21.4. The molecule has 1 aliphatic rings. The van der Waals surface area contributed by atoms with Crippen LogP contribution in [0.3, 0.4) is 0 Å². The predicted octanol–water partition coefficient (Wildman–Crippen LogP) is 3.99. The highest BCUT2D eigenvalue weighted by atomic mass is 16.5. The van der Waals surface area contributed by atoms with Crippen LogP contribution in [0.25, 0.3) is 21.9 Å². The van der Waals surface area contributed by atoms with Crippen molar-refractivity contribution in [3.05, 3.63) is 36.0 Å². The van der Waals surface area contributed by atoms with Crippen LogP contribution in [0, 0.1) is 0 Å². The number of carbonyl (C=O) groups is 1. The fourth-order valence-electron chi connectivity index (χ4n) is 4.91. The summed E-state index contributed by atoms with van der Waals surface area (Å²) >= 11 is 0. The molecule has 0 bridgehead atoms. The molecule has 1 amide bonds. The molecule has 0 atom stereocenters. The fourth-order valence-corrected chi connectivity index (χ4v) is 4.91. The van der Waals surface area contributed by atoms with Crippen molar-refractivity contribution >= 4 is 27.8 Å². The number of methoxy groups -OCH3 is 1. The van der Waals surface area contributed by atoms with E-state index in [0.717, 1.165) is 42.7 Å². The van der Waals surface area contributed by atoms with Crippen molar-refractivity contribution < 1.29 is 9.53 Å². The third-order valence-electron chi connectivity index (χ3n) is 6.49. The van der Waals surface area contributed by atoms with Gasteiger partial charge in [0.05, 0.1) is 23.2 Å². The minimum absolute atomic E-state index is 0.138. The average molecular weight is 411 g/mol. The first-order valence-corrected chi connectivity index (χ1v) is 11.0. The Morgan fingerprint density at radius 2 is 1.87 bits per heavy atom. The highest BCUT2D eigenvalue weighted by molar-refractivity contribution is 6.10. The van der Waals surface area contributed by atoms with E-state index in [9.17, 15) is 4.79 Å². The summed E-state index contributed by atoms with van der Waals surface area (Å²) in [5, 5.41) is 1.20. The van der Waals surface area contributed by atoms with Crippen molar-refractivity contribution in [3.8, 4) is 0 Å². The molecule has 1 saturated heterocycles. The third kappa shape index (κ3) is 3.52. The van der Waals surface area contributed by atoms with Gasteiger partial charge in [0, 0.05) is 44.2 Å². The van der Waals surface area contributed by atoms with E-state index < -0.39 is 0 Å². The molecule has 6 heteroatoms. The Morgan fingerprint density at radius 3 is 2.50 bits per heavy atom. The second kappa shape index (κ2) is 8.44. The van der Waals surface area contributed by atoms with Crippen LogP contribution in [0.5, 0.6) is 0 Å². The van der Waals surface area contributed by atoms with E-state index in [2.05, 4.69) is 72.3 Å². The van der Waals surface area contributed by atoms with Crippen LogP contribution < -0.4 is 0 Å². The largest absolute Gasteiger partial charge is 0.383 e. The summed E-state index contributed by atoms with van der Waals surface area (Å²) in [4.78, 5) is 17.9. The highest BCUT2D eigenvalue weighted by Gasteiger charge is 2.29. The number of benzene rings is 1. The molecule has 0 unspecified atom stereocenters. The van der Waals surface area contributed by atoms with E-state index >= 15 is 0 Å². The summed E-state index contributed by atoms with van der Waals surface area (Å²) in [6.07, 6.45) is 2.05. The van der Waals surface area contributed by atoms with Gasteiger partial charge in [0.15, 0.2) is 0 Å². The van der Waals surface area contributed by atoms with Crippen LogP contribution >= 0.6 is 0 Å². The summed E-state index contributed by atoms with van der Waals surface area (Å²) in [7, 11) is 5.96. The monoisotopic (exact) mass is 410 g/mol. The lowest BCUT2D eigenvalue weighted by Crippen LogP contribution is -2.45. The third-order valence-corrected chi connectivity index (χ3v) is 6.49. The number of para-hydroxylation sites is 1. The molecule has 0 spiro atoms. The van der Waals surface area contributed by atoms with Crippen molar-refractivity contribution in [3.63, 3.8) is 0 Å². The van der Waals surface area contributed by atoms with Crippen LogP contribution in [0.15, 0.2) is 30.3 Å². The molecule has 1 fully saturated rings. The maximum atomic E-state index is 13.6. The zero-order valence-electron chi connectivity index (χ0n) is 18.9. The van der Waals surface area contributed by atoms with Gasteiger partial charge >= 0.3 is 0 Å². The standard InChI is InChI=1S/C24H34N4O2/c1-17(2)28-20-9-7-6-8-19(20)23-21(28)16-22(27(23)14-15-30-5)24(29)26-12-10-18(11-13-26)25(3)4/h6-9,16-18H,10-15H2,1-5H3. The molecule has 0 saturated carbocycles. The first-order valence-electron chi connectivity index (χ1n) is 11.0. The van der Waals surface area contributed by atoms with E-state index in [-0.39, 0.29) is 5.91 Å². The first kappa shape index (κ1) is 20.9. The smallest absolute Gasteiger partial charge is 0.270 e. The normalized spacial score (nSPS) is 15.9. The zero-order valence-corrected chi connectivity index (χ0v) is 18.9. The number of ether oxygens (including phenoxy) is 1. The SMILES string of the molecule is COCCn1c(C(=O)N2CCC(N(C)C)CC2)cc2c1c1ccccc1n2C(C)C. The van der Waals surface area contributed by atoms with Gasteiger partial charge in [0.2, 0.25) is 0 Å². The van der Waals surface area contributed by atoms with Crippen LogP contribution in [0.4, 0.5) is 0 Å². The summed E-state index contributed by atoms with van der Waals surface area (Å²) in [6.45, 7) is 7.27. The molecule has 3 aromatic rings. The first-order chi connectivity index (χ1) is 14.4. The van der Waals surface area contributed by atoms with Gasteiger partial charge in [-0.3, -0.25) is 4.79 Å². The van der Waals surface area contributed by atoms with E-state index in [1.807, 2.05) is 4.90 Å². The van der Waals surface area contributed by atoms with Gasteiger partial charge < -0.3 is 23.7 Å². The Hall–Kier alpha value is -2.31. The molecular weight excluding hydrogens is 376 g/mol. The van der Waals surface area contributed by atoms with Crippen molar-refractivity contribution in [1.82, 2.24) is 18.9 Å². The highest BCUT2D eigenvalue weighted by Crippen LogP contribution is 2.35. The topological polar surface area (TPSA) is 42.6 Å². The number of fused-ring (bicyclic) bond motifs is 3. The second-order valence-electron chi connectivity index (χ2n) is 8.88. The van der Waals surface area contributed by atoms with Crippen molar-refractivity contribution in [2.24, 2.45) is 0 Å². The predicted molar refractivity (Wildman–Crippen MR) is 122 cm³/mol. The van der Waals surface area contributed by atoms with Gasteiger partial charge in [-0.05, 0) is 52.9 Å². The minimum Gasteiger partial charge on any atom is -0.383 e. The van der Waals surface area contributed by atoms with Crippen molar-refractivity contribution in [2.75, 3.05) is 40.9 Å². The Labute approximate surface area is 179 Å². The molecule has 6 nitrogen and oxygen atoms in total. The number of amides is 1. The van der Waals surface area contributed by atoms with Crippen molar-refractivity contribution in [1.29, 1.82) is 0 Å². The fraction of sp³-hybridized carbons (Fsp3) is 0.542. The van der Waals surface area contributed by atoms with Gasteiger partial charge in [-0.1, -0.05) is 18.2 Å². The van der Waals surface area contributed by atoms with Crippen LogP contribution in [0.2, 0.25) is 0 Å². The molecular formula is C24H34N4O2. The van der Waals surface area contributed by atoms with Crippen LogP contribution in [0.1, 0.15) is 43.2 Å². The molecule has 1 aliphatic heterocycles. The number of carbonyl (C=O) groups excluding carboxylic acids is 1. The lowest BCUT2D eigenvalue weighted by molar-refractivity contribution is 0.0651. The van der Waals surface area contributed by atoms with E-state index in [4.69, 9.17) is 4.74 Å². The quantitative estimate of drug-likeness (QED) is 0.617. The van der Waals surface area contributed by atoms with Crippen LogP contribution in [-0.2, 0) is 11.3 Å². The molecule has 0 aliphatic carbocycles. The molecule has 3 heterocycles. The number of hydrogen-bond acceptors (Lipinski definition) is 3. The van der Waals surface area contributed by atoms with Crippen molar-refractivity contribution in [2.45, 2.75) is 45.3 Å². The Morgan fingerprint density at radius 1 is 1.17 bits per heavy atom. The number of hydrogen-bond donors (Lipinski definition) is 0. The Balaban J connectivity index is 1.80. The number of rotatable bonds is 6. The average Bonchev–Trinajstić information content (AvgIpc) is 3.26. The van der Waals surface area contributed by atoms with Gasteiger partial charge in [0.1, 0.15) is 5.69 Å². The maximum absolute atomic E-state index is 13.6. The van der Waals surface area contributed by atoms with Gasteiger partial charge in [0.25, 0.3) is 5.91 Å². The van der Waals surface area contributed by atoms with E-state index in [1.54, 1.807) is 7.11 Å². The van der Waals surface area contributed by atoms with E-state index in [0.29, 0.717) is 25.2 Å². The molecule has 162 valence electrons. The van der Waals surface area contributed by atoms with Gasteiger partial charge in [-0.2, -0.15) is 0 Å². The molecule has 2 aromatic heterocycles. The molecule has 1 aromatic carbocycles. The summed E-state index contributed by atoms with van der Waals surface area (Å²) in [5.74, 6) is 0.138. The maximum Gasteiger partial charge on any atom is 0.270 e. The summed E-state index contributed by atoms with van der Waals surface area (Å²) < 4.78 is 9.92. The van der Waals surface area contributed by atoms with Gasteiger partial charge in [-0.25, -0.2) is 0 Å². The number of piperidine rings is 1. The van der Waals surface area contributed by atoms with Gasteiger partial charge in [-0.15, -0.1) is 0 Å². The lowest BCUT2D eigenvalue weighted by Gasteiger charge is -2.35. The minimum atomic E-state index is 0.138. The summed E-state index contributed by atoms with van der Waals surface area (Å²) in [6, 6.07) is 11.5. The Bertz CT molecular complexity index is 1040. The second-order valence-corrected chi connectivity index (χ2v) is 8.88. The molecule has 4 rings (SSSR count). The lowest BCUT2D eigenvalue weighted by atomic mass is 10.0. The summed E-state index contributed by atoms with van der Waals surface area (Å²) in [5.41, 5.74) is 4.27. The number of aromatic nitrogens is 2. The molecule has 0 N–H and O–H groups in total.